The molecule has 1 fully saturated rings. The summed E-state index contributed by atoms with van der Waals surface area (Å²) in [5, 5.41) is 0.502. The summed E-state index contributed by atoms with van der Waals surface area (Å²) in [6, 6.07) is 12.9. The number of thiazole rings is 1. The first-order valence-electron chi connectivity index (χ1n) is 8.09. The molecule has 140 valence electrons. The number of aromatic nitrogens is 1. The number of methoxy groups -OCH3 is 1. The van der Waals surface area contributed by atoms with Crippen LogP contribution in [0.1, 0.15) is 0 Å². The molecule has 1 amide bonds. The summed E-state index contributed by atoms with van der Waals surface area (Å²) in [5.74, 6) is -1.65. The van der Waals surface area contributed by atoms with Crippen LogP contribution in [0.2, 0.25) is 0 Å². The van der Waals surface area contributed by atoms with Crippen LogP contribution >= 0.6 is 23.6 Å². The minimum absolute atomic E-state index is 0.00251. The summed E-state index contributed by atoms with van der Waals surface area (Å²) in [4.78, 5) is 32.1. The molecule has 1 aliphatic rings. The van der Waals surface area contributed by atoms with Crippen LogP contribution in [0.15, 0.2) is 60.3 Å². The third-order valence-corrected chi connectivity index (χ3v) is 5.45. The van der Waals surface area contributed by atoms with Gasteiger partial charge in [-0.3, -0.25) is 9.69 Å². The van der Waals surface area contributed by atoms with E-state index in [2.05, 4.69) is 9.72 Å². The van der Waals surface area contributed by atoms with E-state index in [0.717, 1.165) is 16.3 Å². The number of hydrogen-bond acceptors (Lipinski definition) is 6. The molecule has 9 heteroatoms. The number of hydrogen-bond donors (Lipinski definition) is 0. The van der Waals surface area contributed by atoms with Crippen LogP contribution in [-0.2, 0) is 14.3 Å². The molecule has 1 aliphatic heterocycles. The van der Waals surface area contributed by atoms with Crippen molar-refractivity contribution in [1.82, 2.24) is 4.98 Å². The van der Waals surface area contributed by atoms with Crippen LogP contribution in [-0.4, -0.2) is 29.1 Å². The molecule has 0 saturated carbocycles. The predicted molar refractivity (Wildman–Crippen MR) is 109 cm³/mol. The van der Waals surface area contributed by atoms with Crippen molar-refractivity contribution in [2.75, 3.05) is 16.9 Å². The first-order chi connectivity index (χ1) is 13.5. The van der Waals surface area contributed by atoms with Crippen molar-refractivity contribution < 1.29 is 18.7 Å². The van der Waals surface area contributed by atoms with Gasteiger partial charge in [0.2, 0.25) is 0 Å². The van der Waals surface area contributed by atoms with Gasteiger partial charge in [0.15, 0.2) is 10.2 Å². The van der Waals surface area contributed by atoms with E-state index in [1.807, 2.05) is 24.3 Å². The second kappa shape index (κ2) is 7.10. The van der Waals surface area contributed by atoms with Crippen molar-refractivity contribution >= 4 is 61.6 Å². The number of halogens is 1. The molecule has 0 bridgehead atoms. The second-order valence-corrected chi connectivity index (χ2v) is 7.13. The molecular weight excluding hydrogens is 401 g/mol. The lowest BCUT2D eigenvalue weighted by molar-refractivity contribution is -0.135. The van der Waals surface area contributed by atoms with Gasteiger partial charge in [0.1, 0.15) is 11.5 Å². The maximum Gasteiger partial charge on any atom is 0.332 e. The normalized spacial score (nSPS) is 15.7. The highest BCUT2D eigenvalue weighted by atomic mass is 32.1. The number of carbonyl (C=O) groups excluding carboxylic acids is 2. The summed E-state index contributed by atoms with van der Waals surface area (Å²) in [7, 11) is 1.21. The number of fused-ring (bicyclic) bond motifs is 1. The van der Waals surface area contributed by atoms with Gasteiger partial charge < -0.3 is 4.74 Å². The number of esters is 1. The van der Waals surface area contributed by atoms with E-state index in [1.54, 1.807) is 0 Å². The molecule has 6 nitrogen and oxygen atoms in total. The van der Waals surface area contributed by atoms with Crippen LogP contribution < -0.4 is 9.80 Å². The Kier molecular flexibility index (Phi) is 4.62. The van der Waals surface area contributed by atoms with E-state index >= 15 is 0 Å². The van der Waals surface area contributed by atoms with Gasteiger partial charge in [0.25, 0.3) is 5.91 Å². The van der Waals surface area contributed by atoms with Gasteiger partial charge in [0, 0.05) is 5.69 Å². The number of para-hydroxylation sites is 1. The monoisotopic (exact) mass is 413 g/mol. The minimum atomic E-state index is -0.704. The fraction of sp³-hybridized carbons (Fsp3) is 0.0526. The number of anilines is 2. The van der Waals surface area contributed by atoms with Crippen LogP contribution in [0.4, 0.5) is 15.2 Å². The molecule has 0 N–H and O–H groups in total. The largest absolute Gasteiger partial charge is 0.466 e. The average Bonchev–Trinajstić information content (AvgIpc) is 3.21. The van der Waals surface area contributed by atoms with Crippen molar-refractivity contribution in [2.24, 2.45) is 0 Å². The highest BCUT2D eigenvalue weighted by molar-refractivity contribution is 7.81. The average molecular weight is 413 g/mol. The predicted octanol–water partition coefficient (Wildman–Crippen LogP) is 3.63. The highest BCUT2D eigenvalue weighted by Crippen LogP contribution is 2.36. The van der Waals surface area contributed by atoms with E-state index in [1.165, 1.54) is 52.5 Å². The molecular formula is C19H12FN3O3S2. The van der Waals surface area contributed by atoms with Crippen LogP contribution in [0, 0.1) is 5.82 Å². The number of nitrogens with zero attached hydrogens (tertiary/aromatic N) is 3. The maximum absolute atomic E-state index is 13.3. The first-order valence-corrected chi connectivity index (χ1v) is 9.31. The van der Waals surface area contributed by atoms with E-state index in [9.17, 15) is 14.0 Å². The van der Waals surface area contributed by atoms with Crippen molar-refractivity contribution in [3.63, 3.8) is 0 Å². The fourth-order valence-electron chi connectivity index (χ4n) is 2.76. The first kappa shape index (κ1) is 18.2. The maximum atomic E-state index is 13.3. The zero-order valence-electron chi connectivity index (χ0n) is 14.5. The topological polar surface area (TPSA) is 62.7 Å². The zero-order valence-corrected chi connectivity index (χ0v) is 16.1. The Labute approximate surface area is 168 Å². The Morgan fingerprint density at radius 1 is 1.18 bits per heavy atom. The number of thiocarbonyl (C=S) groups is 1. The van der Waals surface area contributed by atoms with E-state index in [-0.39, 0.29) is 10.8 Å². The van der Waals surface area contributed by atoms with E-state index < -0.39 is 17.7 Å². The smallest absolute Gasteiger partial charge is 0.332 e. The molecule has 0 aliphatic carbocycles. The molecule has 1 aromatic heterocycles. The Bertz CT molecular complexity index is 1110. The van der Waals surface area contributed by atoms with Gasteiger partial charge >= 0.3 is 5.97 Å². The molecule has 0 radical (unpaired) electrons. The van der Waals surface area contributed by atoms with Crippen LogP contribution in [0.25, 0.3) is 10.2 Å². The second-order valence-electron chi connectivity index (χ2n) is 5.75. The van der Waals surface area contributed by atoms with Gasteiger partial charge in [0.05, 0.1) is 23.4 Å². The van der Waals surface area contributed by atoms with Crippen molar-refractivity contribution in [3.05, 3.63) is 66.1 Å². The molecule has 3 aromatic rings. The molecule has 0 unspecified atom stereocenters. The Balaban J connectivity index is 1.83. The lowest BCUT2D eigenvalue weighted by Crippen LogP contribution is -2.32. The third-order valence-electron chi connectivity index (χ3n) is 4.06. The molecule has 28 heavy (non-hydrogen) atoms. The molecule has 0 atom stereocenters. The highest BCUT2D eigenvalue weighted by Gasteiger charge is 2.42. The number of rotatable bonds is 3. The Morgan fingerprint density at radius 3 is 2.57 bits per heavy atom. The van der Waals surface area contributed by atoms with Gasteiger partial charge in [-0.15, -0.1) is 0 Å². The summed E-state index contributed by atoms with van der Waals surface area (Å²) < 4.78 is 18.9. The number of carbonyl (C=O) groups is 2. The summed E-state index contributed by atoms with van der Waals surface area (Å²) in [6.07, 6.45) is 1.06. The van der Waals surface area contributed by atoms with E-state index in [0.29, 0.717) is 10.8 Å². The minimum Gasteiger partial charge on any atom is -0.466 e. The van der Waals surface area contributed by atoms with Crippen molar-refractivity contribution in [2.45, 2.75) is 0 Å². The molecule has 2 aromatic carbocycles. The van der Waals surface area contributed by atoms with Crippen molar-refractivity contribution in [1.29, 1.82) is 0 Å². The molecule has 1 saturated heterocycles. The zero-order chi connectivity index (χ0) is 19.8. The van der Waals surface area contributed by atoms with Gasteiger partial charge in [-0.2, -0.15) is 0 Å². The number of benzene rings is 2. The van der Waals surface area contributed by atoms with Crippen LogP contribution in [0.3, 0.4) is 0 Å². The third kappa shape index (κ3) is 3.04. The quantitative estimate of drug-likeness (QED) is 0.371. The van der Waals surface area contributed by atoms with E-state index in [4.69, 9.17) is 12.2 Å². The lowest BCUT2D eigenvalue weighted by Gasteiger charge is -2.19. The van der Waals surface area contributed by atoms with Gasteiger partial charge in [-0.05, 0) is 48.6 Å². The summed E-state index contributed by atoms with van der Waals surface area (Å²) in [5.41, 5.74) is 1.18. The van der Waals surface area contributed by atoms with Gasteiger partial charge in [-0.1, -0.05) is 23.5 Å². The number of amides is 1. The SMILES string of the molecule is COC(=O)C=C1C(=O)N(c2nc3ccccc3s2)C(=S)N1c1ccc(F)cc1. The molecule has 0 spiro atoms. The molecule has 2 heterocycles. The standard InChI is InChI=1S/C19H12FN3O3S2/c1-26-16(24)10-14-17(25)23(18-21-13-4-2-3-5-15(13)28-18)19(27)22(14)12-8-6-11(20)7-9-12/h2-10H,1H3. The Hall–Kier alpha value is -3.17. The summed E-state index contributed by atoms with van der Waals surface area (Å²) in [6.45, 7) is 0. The van der Waals surface area contributed by atoms with Crippen molar-refractivity contribution in [3.8, 4) is 0 Å². The fourth-order valence-corrected chi connectivity index (χ4v) is 4.16. The lowest BCUT2D eigenvalue weighted by atomic mass is 10.2. The Morgan fingerprint density at radius 2 is 1.89 bits per heavy atom. The van der Waals surface area contributed by atoms with Gasteiger partial charge in [-0.25, -0.2) is 19.1 Å². The summed E-state index contributed by atoms with van der Waals surface area (Å²) >= 11 is 6.82. The molecule has 4 rings (SSSR count). The number of ether oxygens (including phenoxy) is 1. The van der Waals surface area contributed by atoms with Crippen LogP contribution in [0.5, 0.6) is 0 Å².